The van der Waals surface area contributed by atoms with E-state index in [0.717, 1.165) is 25.7 Å². The van der Waals surface area contributed by atoms with E-state index in [1.165, 1.54) is 0 Å². The van der Waals surface area contributed by atoms with Gasteiger partial charge in [0, 0.05) is 6.54 Å². The summed E-state index contributed by atoms with van der Waals surface area (Å²) in [5.74, 6) is 1.05. The van der Waals surface area contributed by atoms with Gasteiger partial charge in [-0.15, -0.1) is 0 Å². The van der Waals surface area contributed by atoms with E-state index in [2.05, 4.69) is 11.9 Å². The Hall–Kier alpha value is -1.06. The third-order valence-electron chi connectivity index (χ3n) is 3.97. The van der Waals surface area contributed by atoms with Crippen LogP contribution in [0.15, 0.2) is 4.99 Å². The molecule has 2 amide bonds. The summed E-state index contributed by atoms with van der Waals surface area (Å²) in [4.78, 5) is 17.5. The molecule has 0 radical (unpaired) electrons. The first kappa shape index (κ1) is 10.5. The molecule has 1 fully saturated rings. The molecule has 1 saturated carbocycles. The molecule has 4 heteroatoms. The summed E-state index contributed by atoms with van der Waals surface area (Å²) in [6, 6.07) is -0.143. The maximum Gasteiger partial charge on any atom is 0.346 e. The minimum absolute atomic E-state index is 0.143. The predicted octanol–water partition coefficient (Wildman–Crippen LogP) is 1.75. The molecule has 0 bridgehead atoms. The van der Waals surface area contributed by atoms with Crippen LogP contribution in [0.2, 0.25) is 0 Å². The van der Waals surface area contributed by atoms with Crippen molar-refractivity contribution in [1.82, 2.24) is 4.90 Å². The van der Waals surface area contributed by atoms with Crippen LogP contribution in [0.1, 0.15) is 39.5 Å². The summed E-state index contributed by atoms with van der Waals surface area (Å²) in [6.07, 6.45) is 4.37. The summed E-state index contributed by atoms with van der Waals surface area (Å²) in [7, 11) is 0. The lowest BCUT2D eigenvalue weighted by atomic mass is 9.83. The average molecular weight is 209 g/mol. The highest BCUT2D eigenvalue weighted by Gasteiger charge is 2.54. The molecule has 0 saturated heterocycles. The van der Waals surface area contributed by atoms with Gasteiger partial charge in [0.15, 0.2) is 0 Å². The molecule has 0 aromatic rings. The number of urea groups is 1. The van der Waals surface area contributed by atoms with E-state index < -0.39 is 0 Å². The molecule has 1 spiro atoms. The van der Waals surface area contributed by atoms with Crippen LogP contribution in [-0.4, -0.2) is 28.9 Å². The standard InChI is InChI=1S/C11H19N3O/c1-3-8-6-5-7-11(8)9(12)13-10(15)14(11)4-2/h8H,3-7H2,1-2H3,(H2,12,13,15). The fourth-order valence-electron chi connectivity index (χ4n) is 3.28. The SMILES string of the molecule is CCC1CCCC12C(N)=NC(=O)N2CC. The minimum Gasteiger partial charge on any atom is -0.385 e. The number of carbonyl (C=O) groups is 1. The van der Waals surface area contributed by atoms with Gasteiger partial charge in [-0.05, 0) is 25.7 Å². The van der Waals surface area contributed by atoms with Crippen molar-refractivity contribution in [3.05, 3.63) is 0 Å². The van der Waals surface area contributed by atoms with Gasteiger partial charge >= 0.3 is 6.03 Å². The van der Waals surface area contributed by atoms with Gasteiger partial charge in [-0.3, -0.25) is 0 Å². The Morgan fingerprint density at radius 2 is 2.33 bits per heavy atom. The first-order valence-electron chi connectivity index (χ1n) is 5.83. The van der Waals surface area contributed by atoms with Crippen molar-refractivity contribution < 1.29 is 4.79 Å². The lowest BCUT2D eigenvalue weighted by Crippen LogP contribution is -2.56. The predicted molar refractivity (Wildman–Crippen MR) is 59.8 cm³/mol. The van der Waals surface area contributed by atoms with E-state index in [1.807, 2.05) is 11.8 Å². The number of hydrogen-bond acceptors (Lipinski definition) is 2. The molecule has 2 unspecified atom stereocenters. The van der Waals surface area contributed by atoms with E-state index in [4.69, 9.17) is 5.73 Å². The number of nitrogens with two attached hydrogens (primary N) is 1. The van der Waals surface area contributed by atoms with E-state index in [9.17, 15) is 4.79 Å². The van der Waals surface area contributed by atoms with Gasteiger partial charge in [0.2, 0.25) is 0 Å². The van der Waals surface area contributed by atoms with Crippen LogP contribution in [0.5, 0.6) is 0 Å². The molecule has 0 aromatic carbocycles. The molecule has 1 aliphatic heterocycles. The van der Waals surface area contributed by atoms with Crippen LogP contribution >= 0.6 is 0 Å². The number of carbonyl (C=O) groups excluding carboxylic acids is 1. The van der Waals surface area contributed by atoms with E-state index in [1.54, 1.807) is 0 Å². The van der Waals surface area contributed by atoms with Gasteiger partial charge in [0.1, 0.15) is 11.4 Å². The molecule has 2 aliphatic rings. The van der Waals surface area contributed by atoms with Gasteiger partial charge in [-0.2, -0.15) is 4.99 Å². The zero-order valence-corrected chi connectivity index (χ0v) is 9.49. The highest BCUT2D eigenvalue weighted by molar-refractivity contribution is 6.06. The Kier molecular flexibility index (Phi) is 2.44. The summed E-state index contributed by atoms with van der Waals surface area (Å²) >= 11 is 0. The van der Waals surface area contributed by atoms with Gasteiger partial charge in [-0.25, -0.2) is 4.79 Å². The van der Waals surface area contributed by atoms with Crippen LogP contribution < -0.4 is 5.73 Å². The Labute approximate surface area is 90.5 Å². The highest BCUT2D eigenvalue weighted by Crippen LogP contribution is 2.44. The lowest BCUT2D eigenvalue weighted by Gasteiger charge is -2.38. The lowest BCUT2D eigenvalue weighted by molar-refractivity contribution is 0.148. The normalized spacial score (nSPS) is 35.3. The Bertz CT molecular complexity index is 313. The second-order valence-electron chi connectivity index (χ2n) is 4.45. The first-order chi connectivity index (χ1) is 7.16. The molecular formula is C11H19N3O. The van der Waals surface area contributed by atoms with Crippen LogP contribution in [0, 0.1) is 5.92 Å². The quantitative estimate of drug-likeness (QED) is 0.753. The maximum atomic E-state index is 11.7. The average Bonchev–Trinajstić information content (AvgIpc) is 2.72. The van der Waals surface area contributed by atoms with Gasteiger partial charge < -0.3 is 10.6 Å². The summed E-state index contributed by atoms with van der Waals surface area (Å²) in [5, 5.41) is 0. The van der Waals surface area contributed by atoms with Crippen LogP contribution in [0.4, 0.5) is 4.79 Å². The number of hydrogen-bond donors (Lipinski definition) is 1. The smallest absolute Gasteiger partial charge is 0.346 e. The highest BCUT2D eigenvalue weighted by atomic mass is 16.2. The Balaban J connectivity index is 2.40. The Morgan fingerprint density at radius 1 is 1.60 bits per heavy atom. The molecule has 0 aromatic heterocycles. The van der Waals surface area contributed by atoms with Crippen molar-refractivity contribution in [2.45, 2.75) is 45.1 Å². The van der Waals surface area contributed by atoms with Crippen LogP contribution in [-0.2, 0) is 0 Å². The van der Waals surface area contributed by atoms with E-state index in [-0.39, 0.29) is 11.6 Å². The van der Waals surface area contributed by atoms with Crippen molar-refractivity contribution in [3.63, 3.8) is 0 Å². The van der Waals surface area contributed by atoms with Gasteiger partial charge in [0.05, 0.1) is 0 Å². The molecule has 84 valence electrons. The third kappa shape index (κ3) is 1.20. The molecular weight excluding hydrogens is 190 g/mol. The van der Waals surface area contributed by atoms with Crippen molar-refractivity contribution in [3.8, 4) is 0 Å². The number of amidine groups is 1. The minimum atomic E-state index is -0.236. The van der Waals surface area contributed by atoms with Crippen LogP contribution in [0.25, 0.3) is 0 Å². The molecule has 15 heavy (non-hydrogen) atoms. The maximum absolute atomic E-state index is 11.7. The van der Waals surface area contributed by atoms with E-state index >= 15 is 0 Å². The third-order valence-corrected chi connectivity index (χ3v) is 3.97. The second-order valence-corrected chi connectivity index (χ2v) is 4.45. The number of amides is 2. The topological polar surface area (TPSA) is 58.7 Å². The Morgan fingerprint density at radius 3 is 2.93 bits per heavy atom. The number of rotatable bonds is 2. The summed E-state index contributed by atoms with van der Waals surface area (Å²) < 4.78 is 0. The van der Waals surface area contributed by atoms with Gasteiger partial charge in [0.25, 0.3) is 0 Å². The molecule has 4 nitrogen and oxygen atoms in total. The second kappa shape index (κ2) is 3.51. The van der Waals surface area contributed by atoms with Crippen molar-refractivity contribution in [1.29, 1.82) is 0 Å². The zero-order valence-electron chi connectivity index (χ0n) is 9.49. The zero-order chi connectivity index (χ0) is 11.1. The fraction of sp³-hybridized carbons (Fsp3) is 0.818. The van der Waals surface area contributed by atoms with Crippen molar-refractivity contribution in [2.24, 2.45) is 16.6 Å². The van der Waals surface area contributed by atoms with Gasteiger partial charge in [-0.1, -0.05) is 19.8 Å². The number of aliphatic imine (C=N–C) groups is 1. The molecule has 1 aliphatic carbocycles. The first-order valence-corrected chi connectivity index (χ1v) is 5.83. The summed E-state index contributed by atoms with van der Waals surface area (Å²) in [6.45, 7) is 4.87. The van der Waals surface area contributed by atoms with E-state index in [0.29, 0.717) is 18.3 Å². The largest absolute Gasteiger partial charge is 0.385 e. The monoisotopic (exact) mass is 209 g/mol. The summed E-state index contributed by atoms with van der Waals surface area (Å²) in [5.41, 5.74) is 5.75. The molecule has 2 rings (SSSR count). The molecule has 1 heterocycles. The van der Waals surface area contributed by atoms with Crippen molar-refractivity contribution >= 4 is 11.9 Å². The number of nitrogens with zero attached hydrogens (tertiary/aromatic N) is 2. The molecule has 2 N–H and O–H groups in total. The van der Waals surface area contributed by atoms with Crippen LogP contribution in [0.3, 0.4) is 0 Å². The molecule has 2 atom stereocenters. The van der Waals surface area contributed by atoms with Crippen molar-refractivity contribution in [2.75, 3.05) is 6.54 Å². The number of likely N-dealkylation sites (N-methyl/N-ethyl adjacent to an activating group) is 1. The fourth-order valence-corrected chi connectivity index (χ4v) is 3.28.